The molecule has 1 aromatic rings. The summed E-state index contributed by atoms with van der Waals surface area (Å²) in [5.74, 6) is 0.181. The van der Waals surface area contributed by atoms with Crippen LogP contribution in [0.5, 0.6) is 5.75 Å². The summed E-state index contributed by atoms with van der Waals surface area (Å²) in [4.78, 5) is 15.3. The third-order valence-corrected chi connectivity index (χ3v) is 3.85. The van der Waals surface area contributed by atoms with Gasteiger partial charge in [-0.3, -0.25) is 0 Å². The number of esters is 1. The number of aliphatic imine (C=N–C) groups is 1. The van der Waals surface area contributed by atoms with Crippen LogP contribution in [0.3, 0.4) is 0 Å². The van der Waals surface area contributed by atoms with Crippen molar-refractivity contribution in [3.63, 3.8) is 0 Å². The van der Waals surface area contributed by atoms with Crippen molar-refractivity contribution in [3.8, 4) is 5.75 Å². The Morgan fingerprint density at radius 2 is 2.21 bits per heavy atom. The average molecular weight is 391 g/mol. The molecule has 0 amide bonds. The maximum absolute atomic E-state index is 11.2. The first-order valence-corrected chi connectivity index (χ1v) is 10.8. The van der Waals surface area contributed by atoms with Crippen molar-refractivity contribution in [1.29, 1.82) is 0 Å². The molecule has 0 saturated heterocycles. The number of rotatable bonds is 5. The molecular formula is C12H13Cl2NO3Ru. The summed E-state index contributed by atoms with van der Waals surface area (Å²) in [5.41, 5.74) is 1.33. The van der Waals surface area contributed by atoms with Crippen molar-refractivity contribution >= 4 is 41.9 Å². The Balaban J connectivity index is 3.05. The number of halogens is 2. The molecule has 0 aliphatic heterocycles. The van der Waals surface area contributed by atoms with Gasteiger partial charge >= 0.3 is 125 Å². The molecule has 0 aromatic heterocycles. The second kappa shape index (κ2) is 8.41. The van der Waals surface area contributed by atoms with Gasteiger partial charge in [-0.05, 0) is 0 Å². The van der Waals surface area contributed by atoms with Crippen LogP contribution in [-0.2, 0) is 23.0 Å². The van der Waals surface area contributed by atoms with Crippen molar-refractivity contribution in [3.05, 3.63) is 23.8 Å². The van der Waals surface area contributed by atoms with Gasteiger partial charge in [-0.15, -0.1) is 0 Å². The van der Waals surface area contributed by atoms with E-state index in [2.05, 4.69) is 4.99 Å². The van der Waals surface area contributed by atoms with Crippen LogP contribution in [0.4, 0.5) is 5.69 Å². The molecule has 7 heteroatoms. The number of methoxy groups -OCH3 is 1. The molecule has 19 heavy (non-hydrogen) atoms. The second-order valence-corrected chi connectivity index (χ2v) is 8.97. The topological polar surface area (TPSA) is 47.9 Å². The molecule has 106 valence electrons. The molecule has 0 aliphatic rings. The normalized spacial score (nSPS) is 11.3. The zero-order valence-corrected chi connectivity index (χ0v) is 13.6. The Morgan fingerprint density at radius 1 is 1.47 bits per heavy atom. The maximum atomic E-state index is 11.2. The quantitative estimate of drug-likeness (QED) is 0.441. The first-order chi connectivity index (χ1) is 9.06. The molecule has 0 unspecified atom stereocenters. The Labute approximate surface area is 124 Å². The SMILES string of the molecule is CCOC(=O)C=Nc1ccc(OC)cc1[CH]=[Ru]([Cl])[Cl]. The number of ether oxygens (including phenoxy) is 2. The van der Waals surface area contributed by atoms with E-state index in [0.29, 0.717) is 18.0 Å². The van der Waals surface area contributed by atoms with Crippen LogP contribution >= 0.6 is 19.4 Å². The third-order valence-electron chi connectivity index (χ3n) is 2.02. The van der Waals surface area contributed by atoms with Gasteiger partial charge in [-0.1, -0.05) is 0 Å². The van der Waals surface area contributed by atoms with Crippen molar-refractivity contribution in [2.24, 2.45) is 4.99 Å². The summed E-state index contributed by atoms with van der Waals surface area (Å²) in [7, 11) is 13.3. The zero-order chi connectivity index (χ0) is 14.3. The van der Waals surface area contributed by atoms with E-state index in [1.807, 2.05) is 0 Å². The van der Waals surface area contributed by atoms with Crippen LogP contribution in [0.25, 0.3) is 0 Å². The number of hydrogen-bond donors (Lipinski definition) is 0. The van der Waals surface area contributed by atoms with E-state index in [1.165, 1.54) is 0 Å². The predicted molar refractivity (Wildman–Crippen MR) is 74.7 cm³/mol. The molecule has 0 atom stereocenters. The second-order valence-electron chi connectivity index (χ2n) is 3.24. The first kappa shape index (κ1) is 16.3. The molecule has 0 spiro atoms. The van der Waals surface area contributed by atoms with Crippen LogP contribution < -0.4 is 4.74 Å². The van der Waals surface area contributed by atoms with Gasteiger partial charge in [-0.2, -0.15) is 0 Å². The molecule has 1 aromatic carbocycles. The Kier molecular flexibility index (Phi) is 7.21. The van der Waals surface area contributed by atoms with E-state index in [1.54, 1.807) is 36.8 Å². The fourth-order valence-corrected chi connectivity index (χ4v) is 3.04. The van der Waals surface area contributed by atoms with E-state index in [9.17, 15) is 4.79 Å². The molecule has 1 rings (SSSR count). The average Bonchev–Trinajstić information content (AvgIpc) is 2.36. The van der Waals surface area contributed by atoms with Gasteiger partial charge < -0.3 is 0 Å². The monoisotopic (exact) mass is 391 g/mol. The number of hydrogen-bond acceptors (Lipinski definition) is 4. The minimum atomic E-state index is -1.99. The van der Waals surface area contributed by atoms with Gasteiger partial charge in [0.05, 0.1) is 0 Å². The van der Waals surface area contributed by atoms with Gasteiger partial charge in [0, 0.05) is 0 Å². The van der Waals surface area contributed by atoms with Crippen LogP contribution in [0.15, 0.2) is 23.2 Å². The first-order valence-electron chi connectivity index (χ1n) is 5.28. The molecule has 4 nitrogen and oxygen atoms in total. The Bertz CT molecular complexity index is 514. The van der Waals surface area contributed by atoms with Gasteiger partial charge in [0.25, 0.3) is 0 Å². The number of nitrogens with zero attached hydrogens (tertiary/aromatic N) is 1. The number of benzene rings is 1. The molecule has 0 bridgehead atoms. The molecular weight excluding hydrogens is 378 g/mol. The fraction of sp³-hybridized carbons (Fsp3) is 0.250. The van der Waals surface area contributed by atoms with Crippen LogP contribution in [0.1, 0.15) is 12.5 Å². The van der Waals surface area contributed by atoms with E-state index < -0.39 is 19.5 Å². The van der Waals surface area contributed by atoms with E-state index in [4.69, 9.17) is 28.9 Å². The minimum absolute atomic E-state index is 0.311. The molecule has 0 heterocycles. The van der Waals surface area contributed by atoms with Gasteiger partial charge in [0.15, 0.2) is 0 Å². The summed E-state index contributed by atoms with van der Waals surface area (Å²) in [6.07, 6.45) is 1.13. The molecule has 0 aliphatic carbocycles. The van der Waals surface area contributed by atoms with Crippen molar-refractivity contribution in [1.82, 2.24) is 0 Å². The van der Waals surface area contributed by atoms with Crippen molar-refractivity contribution < 1.29 is 27.8 Å². The van der Waals surface area contributed by atoms with E-state index >= 15 is 0 Å². The molecule has 0 radical (unpaired) electrons. The summed E-state index contributed by atoms with van der Waals surface area (Å²) >= 11 is -1.99. The van der Waals surface area contributed by atoms with Crippen LogP contribution in [0, 0.1) is 0 Å². The third kappa shape index (κ3) is 5.81. The van der Waals surface area contributed by atoms with Gasteiger partial charge in [-0.25, -0.2) is 0 Å². The van der Waals surface area contributed by atoms with Crippen LogP contribution in [-0.4, -0.2) is 30.5 Å². The van der Waals surface area contributed by atoms with Gasteiger partial charge in [0.2, 0.25) is 0 Å². The molecule has 0 fully saturated rings. The predicted octanol–water partition coefficient (Wildman–Crippen LogP) is 3.04. The van der Waals surface area contributed by atoms with Gasteiger partial charge in [0.1, 0.15) is 0 Å². The van der Waals surface area contributed by atoms with Crippen LogP contribution in [0.2, 0.25) is 0 Å². The number of carbonyl (C=O) groups is 1. The van der Waals surface area contributed by atoms with Crippen molar-refractivity contribution in [2.45, 2.75) is 6.92 Å². The summed E-state index contributed by atoms with van der Waals surface area (Å²) in [6.45, 7) is 2.04. The standard InChI is InChI=1S/C12H13NO3.2ClH.Ru/c1-4-16-12(14)8-13-11-6-5-10(15-3)7-9(11)2;;;/h2,5-8H,4H2,1,3H3;2*1H;/q;;;+2/p-2. The summed E-state index contributed by atoms with van der Waals surface area (Å²) < 4.78 is 11.6. The summed E-state index contributed by atoms with van der Waals surface area (Å²) in [5, 5.41) is 0. The van der Waals surface area contributed by atoms with E-state index in [-0.39, 0.29) is 0 Å². The van der Waals surface area contributed by atoms with E-state index in [0.717, 1.165) is 11.8 Å². The Hall–Kier alpha value is -0.767. The summed E-state index contributed by atoms with van der Waals surface area (Å²) in [6, 6.07) is 5.24. The van der Waals surface area contributed by atoms with Crippen molar-refractivity contribution in [2.75, 3.05) is 13.7 Å². The number of carbonyl (C=O) groups excluding carboxylic acids is 1. The zero-order valence-electron chi connectivity index (χ0n) is 10.4. The molecule has 0 saturated carbocycles. The fourth-order valence-electron chi connectivity index (χ4n) is 1.24. The molecule has 0 N–H and O–H groups in total. The Morgan fingerprint density at radius 3 is 2.79 bits per heavy atom.